The summed E-state index contributed by atoms with van der Waals surface area (Å²) < 4.78 is 5.70. The van der Waals surface area contributed by atoms with E-state index in [9.17, 15) is 5.11 Å². The molecule has 108 valence electrons. The second-order valence-electron chi connectivity index (χ2n) is 5.68. The molecule has 0 amide bonds. The lowest BCUT2D eigenvalue weighted by Gasteiger charge is -2.25. The Balaban J connectivity index is 2.17. The molecule has 0 aliphatic carbocycles. The van der Waals surface area contributed by atoms with Gasteiger partial charge in [0, 0.05) is 6.04 Å². The van der Waals surface area contributed by atoms with E-state index < -0.39 is 11.5 Å². The van der Waals surface area contributed by atoms with Crippen LogP contribution in [0.15, 0.2) is 28.7 Å². The molecule has 2 aromatic rings. The predicted molar refractivity (Wildman–Crippen MR) is 76.4 cm³/mol. The summed E-state index contributed by atoms with van der Waals surface area (Å²) in [6.07, 6.45) is 0.596. The van der Waals surface area contributed by atoms with Gasteiger partial charge in [0.15, 0.2) is 0 Å². The molecule has 0 unspecified atom stereocenters. The van der Waals surface area contributed by atoms with Crippen LogP contribution in [0.5, 0.6) is 0 Å². The third kappa shape index (κ3) is 3.05. The molecular formula is C15H21N3O2. The standard InChI is InChI=1S/C15H21N3O2/c1-10-5-4-6-11(7-10)8-13-17-18-14(20-13)15(2,3)12(16)9-19/h4-7,12,19H,8-9,16H2,1-3H3/t12-/m1/s1. The van der Waals surface area contributed by atoms with Crippen LogP contribution in [0.2, 0.25) is 0 Å². The number of aliphatic hydroxyl groups excluding tert-OH is 1. The number of rotatable bonds is 5. The van der Waals surface area contributed by atoms with E-state index in [4.69, 9.17) is 10.2 Å². The first-order valence-electron chi connectivity index (χ1n) is 6.68. The SMILES string of the molecule is Cc1cccc(Cc2nnc(C(C)(C)[C@H](N)CO)o2)c1. The Morgan fingerprint density at radius 2 is 2.10 bits per heavy atom. The molecule has 0 aliphatic rings. The Bertz CT molecular complexity index is 578. The maximum absolute atomic E-state index is 9.19. The summed E-state index contributed by atoms with van der Waals surface area (Å²) in [6, 6.07) is 7.74. The van der Waals surface area contributed by atoms with E-state index in [2.05, 4.69) is 16.3 Å². The predicted octanol–water partition coefficient (Wildman–Crippen LogP) is 1.57. The Morgan fingerprint density at radius 1 is 1.35 bits per heavy atom. The number of nitrogens with two attached hydrogens (primary N) is 1. The fraction of sp³-hybridized carbons (Fsp3) is 0.467. The van der Waals surface area contributed by atoms with Crippen molar-refractivity contribution in [2.45, 2.75) is 38.6 Å². The fourth-order valence-corrected chi connectivity index (χ4v) is 1.97. The average Bonchev–Trinajstić information content (AvgIpc) is 2.87. The van der Waals surface area contributed by atoms with E-state index in [1.54, 1.807) is 0 Å². The van der Waals surface area contributed by atoms with Gasteiger partial charge in [-0.3, -0.25) is 0 Å². The van der Waals surface area contributed by atoms with Crippen LogP contribution < -0.4 is 5.73 Å². The Hall–Kier alpha value is -1.72. The summed E-state index contributed by atoms with van der Waals surface area (Å²) in [6.45, 7) is 5.70. The number of benzene rings is 1. The van der Waals surface area contributed by atoms with Crippen molar-refractivity contribution >= 4 is 0 Å². The molecule has 1 atom stereocenters. The number of aryl methyl sites for hydroxylation is 1. The van der Waals surface area contributed by atoms with Gasteiger partial charge in [0.25, 0.3) is 0 Å². The summed E-state index contributed by atoms with van der Waals surface area (Å²) in [5, 5.41) is 17.3. The summed E-state index contributed by atoms with van der Waals surface area (Å²) in [5.74, 6) is 1.02. The van der Waals surface area contributed by atoms with Crippen molar-refractivity contribution in [1.29, 1.82) is 0 Å². The van der Waals surface area contributed by atoms with E-state index >= 15 is 0 Å². The van der Waals surface area contributed by atoms with Gasteiger partial charge in [0.2, 0.25) is 11.8 Å². The van der Waals surface area contributed by atoms with Crippen LogP contribution in [-0.2, 0) is 11.8 Å². The third-order valence-corrected chi connectivity index (χ3v) is 3.58. The molecule has 5 heteroatoms. The average molecular weight is 275 g/mol. The molecule has 0 spiro atoms. The first-order valence-corrected chi connectivity index (χ1v) is 6.68. The summed E-state index contributed by atoms with van der Waals surface area (Å²) in [4.78, 5) is 0. The molecule has 0 saturated carbocycles. The number of nitrogens with zero attached hydrogens (tertiary/aromatic N) is 2. The maximum Gasteiger partial charge on any atom is 0.223 e. The molecule has 1 aromatic heterocycles. The van der Waals surface area contributed by atoms with Crippen molar-refractivity contribution in [2.75, 3.05) is 6.61 Å². The van der Waals surface area contributed by atoms with Crippen LogP contribution in [0.4, 0.5) is 0 Å². The minimum atomic E-state index is -0.549. The van der Waals surface area contributed by atoms with Gasteiger partial charge in [-0.2, -0.15) is 0 Å². The highest BCUT2D eigenvalue weighted by Gasteiger charge is 2.33. The van der Waals surface area contributed by atoms with E-state index in [-0.39, 0.29) is 6.61 Å². The molecule has 2 rings (SSSR count). The minimum absolute atomic E-state index is 0.122. The molecule has 5 nitrogen and oxygen atoms in total. The molecule has 0 radical (unpaired) electrons. The minimum Gasteiger partial charge on any atom is -0.424 e. The zero-order chi connectivity index (χ0) is 14.8. The molecule has 0 bridgehead atoms. The molecule has 1 heterocycles. The van der Waals surface area contributed by atoms with Gasteiger partial charge in [-0.25, -0.2) is 0 Å². The van der Waals surface area contributed by atoms with Gasteiger partial charge in [0.05, 0.1) is 18.4 Å². The van der Waals surface area contributed by atoms with E-state index in [1.807, 2.05) is 39.0 Å². The first kappa shape index (κ1) is 14.7. The van der Waals surface area contributed by atoms with Gasteiger partial charge in [0.1, 0.15) is 0 Å². The van der Waals surface area contributed by atoms with Crippen molar-refractivity contribution in [1.82, 2.24) is 10.2 Å². The maximum atomic E-state index is 9.19. The highest BCUT2D eigenvalue weighted by atomic mass is 16.4. The van der Waals surface area contributed by atoms with Crippen LogP contribution in [0.25, 0.3) is 0 Å². The van der Waals surface area contributed by atoms with Crippen LogP contribution in [0, 0.1) is 6.92 Å². The van der Waals surface area contributed by atoms with E-state index in [0.29, 0.717) is 18.2 Å². The topological polar surface area (TPSA) is 85.2 Å². The molecular weight excluding hydrogens is 254 g/mol. The third-order valence-electron chi connectivity index (χ3n) is 3.58. The van der Waals surface area contributed by atoms with Gasteiger partial charge < -0.3 is 15.3 Å². The van der Waals surface area contributed by atoms with Crippen molar-refractivity contribution in [3.05, 3.63) is 47.2 Å². The molecule has 0 fully saturated rings. The monoisotopic (exact) mass is 275 g/mol. The number of aromatic nitrogens is 2. The van der Waals surface area contributed by atoms with Crippen LogP contribution >= 0.6 is 0 Å². The first-order chi connectivity index (χ1) is 9.43. The molecule has 20 heavy (non-hydrogen) atoms. The van der Waals surface area contributed by atoms with E-state index in [0.717, 1.165) is 5.56 Å². The highest BCUT2D eigenvalue weighted by Crippen LogP contribution is 2.25. The molecule has 3 N–H and O–H groups in total. The Labute approximate surface area is 118 Å². The summed E-state index contributed by atoms with van der Waals surface area (Å²) >= 11 is 0. The highest BCUT2D eigenvalue weighted by molar-refractivity contribution is 5.24. The van der Waals surface area contributed by atoms with Crippen molar-refractivity contribution < 1.29 is 9.52 Å². The lowest BCUT2D eigenvalue weighted by atomic mass is 9.85. The van der Waals surface area contributed by atoms with Gasteiger partial charge >= 0.3 is 0 Å². The number of aliphatic hydroxyl groups is 1. The summed E-state index contributed by atoms with van der Waals surface area (Å²) in [7, 11) is 0. The Morgan fingerprint density at radius 3 is 2.75 bits per heavy atom. The Kier molecular flexibility index (Phi) is 4.20. The van der Waals surface area contributed by atoms with Gasteiger partial charge in [-0.1, -0.05) is 29.8 Å². The van der Waals surface area contributed by atoms with Crippen molar-refractivity contribution in [2.24, 2.45) is 5.73 Å². The normalized spacial score (nSPS) is 13.4. The lowest BCUT2D eigenvalue weighted by Crippen LogP contribution is -2.43. The molecule has 0 aliphatic heterocycles. The smallest absolute Gasteiger partial charge is 0.223 e. The van der Waals surface area contributed by atoms with Gasteiger partial charge in [-0.05, 0) is 26.3 Å². The summed E-state index contributed by atoms with van der Waals surface area (Å²) in [5.41, 5.74) is 7.67. The largest absolute Gasteiger partial charge is 0.424 e. The molecule has 1 aromatic carbocycles. The van der Waals surface area contributed by atoms with Crippen LogP contribution in [-0.4, -0.2) is 28.0 Å². The second-order valence-corrected chi connectivity index (χ2v) is 5.68. The van der Waals surface area contributed by atoms with E-state index in [1.165, 1.54) is 5.56 Å². The fourth-order valence-electron chi connectivity index (χ4n) is 1.97. The zero-order valence-corrected chi connectivity index (χ0v) is 12.1. The van der Waals surface area contributed by atoms with Gasteiger partial charge in [-0.15, -0.1) is 10.2 Å². The number of hydrogen-bond acceptors (Lipinski definition) is 5. The lowest BCUT2D eigenvalue weighted by molar-refractivity contribution is 0.199. The quantitative estimate of drug-likeness (QED) is 0.865. The van der Waals surface area contributed by atoms with Crippen molar-refractivity contribution in [3.63, 3.8) is 0 Å². The van der Waals surface area contributed by atoms with Crippen LogP contribution in [0.1, 0.15) is 36.8 Å². The molecule has 0 saturated heterocycles. The second kappa shape index (κ2) is 5.73. The zero-order valence-electron chi connectivity index (χ0n) is 12.1. The van der Waals surface area contributed by atoms with Crippen LogP contribution in [0.3, 0.4) is 0 Å². The van der Waals surface area contributed by atoms with Crippen molar-refractivity contribution in [3.8, 4) is 0 Å². The number of hydrogen-bond donors (Lipinski definition) is 2.